The maximum atomic E-state index is 12.6. The first kappa shape index (κ1) is 21.7. The van der Waals surface area contributed by atoms with Gasteiger partial charge in [-0.3, -0.25) is 14.3 Å². The van der Waals surface area contributed by atoms with Crippen molar-refractivity contribution in [2.24, 2.45) is 7.05 Å². The predicted octanol–water partition coefficient (Wildman–Crippen LogP) is 3.35. The fourth-order valence-electron chi connectivity index (χ4n) is 2.59. The highest BCUT2D eigenvalue weighted by Crippen LogP contribution is 2.31. The number of hydrogen-bond donors (Lipinski definition) is 2. The van der Waals surface area contributed by atoms with Gasteiger partial charge < -0.3 is 15.4 Å². The summed E-state index contributed by atoms with van der Waals surface area (Å²) < 4.78 is 8.43. The molecule has 2 heterocycles. The van der Waals surface area contributed by atoms with Crippen LogP contribution in [-0.4, -0.2) is 37.9 Å². The van der Waals surface area contributed by atoms with E-state index in [1.807, 2.05) is 6.92 Å². The standard InChI is InChI=1S/C19H20Cl2N6O3/c1-3-8-22-19(29)17-14(10-23-26(17)2)24-18(28)13-7-9-27(25-13)11-30-15-6-4-5-12(20)16(15)21/h4-7,9-10H,3,8,11H2,1-2H3,(H,22,29)(H,24,28). The Hall–Kier alpha value is -3.04. The van der Waals surface area contributed by atoms with Crippen molar-refractivity contribution in [1.29, 1.82) is 0 Å². The summed E-state index contributed by atoms with van der Waals surface area (Å²) in [7, 11) is 1.63. The Morgan fingerprint density at radius 2 is 2.00 bits per heavy atom. The molecule has 0 fully saturated rings. The number of amides is 2. The summed E-state index contributed by atoms with van der Waals surface area (Å²) in [4.78, 5) is 24.9. The molecule has 0 atom stereocenters. The molecule has 3 rings (SSSR count). The number of nitrogens with zero attached hydrogens (tertiary/aromatic N) is 4. The molecule has 0 saturated carbocycles. The third-order valence-electron chi connectivity index (χ3n) is 4.08. The summed E-state index contributed by atoms with van der Waals surface area (Å²) in [5, 5.41) is 14.3. The molecule has 0 aliphatic rings. The van der Waals surface area contributed by atoms with Crippen LogP contribution in [0.5, 0.6) is 5.75 Å². The first-order valence-electron chi connectivity index (χ1n) is 9.12. The SMILES string of the molecule is CCCNC(=O)c1c(NC(=O)c2ccn(COc3cccc(Cl)c3Cl)n2)cnn1C. The summed E-state index contributed by atoms with van der Waals surface area (Å²) in [5.41, 5.74) is 0.710. The van der Waals surface area contributed by atoms with Crippen LogP contribution in [0, 0.1) is 0 Å². The van der Waals surface area contributed by atoms with Gasteiger partial charge in [0.2, 0.25) is 0 Å². The minimum Gasteiger partial charge on any atom is -0.470 e. The average Bonchev–Trinajstić information content (AvgIpc) is 3.34. The van der Waals surface area contributed by atoms with E-state index in [1.165, 1.54) is 21.6 Å². The van der Waals surface area contributed by atoms with E-state index >= 15 is 0 Å². The molecule has 3 aromatic rings. The number of aryl methyl sites for hydroxylation is 1. The normalized spacial score (nSPS) is 10.7. The summed E-state index contributed by atoms with van der Waals surface area (Å²) in [5.74, 6) is -0.389. The Kier molecular flexibility index (Phi) is 6.96. The van der Waals surface area contributed by atoms with E-state index in [0.29, 0.717) is 28.0 Å². The molecule has 1 aromatic carbocycles. The largest absolute Gasteiger partial charge is 0.470 e. The molecule has 0 spiro atoms. The van der Waals surface area contributed by atoms with Crippen LogP contribution in [-0.2, 0) is 13.8 Å². The zero-order valence-corrected chi connectivity index (χ0v) is 17.9. The molecule has 0 bridgehead atoms. The highest BCUT2D eigenvalue weighted by atomic mass is 35.5. The molecule has 2 amide bonds. The molecular weight excluding hydrogens is 431 g/mol. The van der Waals surface area contributed by atoms with Crippen LogP contribution in [0.3, 0.4) is 0 Å². The van der Waals surface area contributed by atoms with Gasteiger partial charge in [-0.25, -0.2) is 4.68 Å². The maximum absolute atomic E-state index is 12.6. The molecule has 11 heteroatoms. The quantitative estimate of drug-likeness (QED) is 0.547. The van der Waals surface area contributed by atoms with Crippen molar-refractivity contribution in [1.82, 2.24) is 24.9 Å². The van der Waals surface area contributed by atoms with Crippen molar-refractivity contribution in [3.05, 3.63) is 58.1 Å². The highest BCUT2D eigenvalue weighted by Gasteiger charge is 2.20. The van der Waals surface area contributed by atoms with E-state index in [1.54, 1.807) is 31.4 Å². The monoisotopic (exact) mass is 450 g/mol. The first-order chi connectivity index (χ1) is 14.4. The van der Waals surface area contributed by atoms with Gasteiger partial charge in [0.1, 0.15) is 16.5 Å². The summed E-state index contributed by atoms with van der Waals surface area (Å²) >= 11 is 12.0. The second-order valence-corrected chi connectivity index (χ2v) is 7.09. The smallest absolute Gasteiger partial charge is 0.276 e. The summed E-state index contributed by atoms with van der Waals surface area (Å²) in [6.07, 6.45) is 3.80. The van der Waals surface area contributed by atoms with Crippen molar-refractivity contribution < 1.29 is 14.3 Å². The molecular formula is C19H20Cl2N6O3. The van der Waals surface area contributed by atoms with Gasteiger partial charge in [0.15, 0.2) is 12.4 Å². The number of ether oxygens (including phenoxy) is 1. The number of halogens is 2. The molecule has 2 aromatic heterocycles. The minimum atomic E-state index is -0.480. The van der Waals surface area contributed by atoms with E-state index in [4.69, 9.17) is 27.9 Å². The van der Waals surface area contributed by atoms with Crippen LogP contribution in [0.4, 0.5) is 5.69 Å². The number of benzene rings is 1. The zero-order valence-electron chi connectivity index (χ0n) is 16.4. The fraction of sp³-hybridized carbons (Fsp3) is 0.263. The molecule has 0 aliphatic carbocycles. The van der Waals surface area contributed by atoms with Crippen molar-refractivity contribution in [2.75, 3.05) is 11.9 Å². The number of nitrogens with one attached hydrogen (secondary N) is 2. The van der Waals surface area contributed by atoms with Crippen LogP contribution in [0.1, 0.15) is 34.3 Å². The Bertz CT molecular complexity index is 1060. The Morgan fingerprint density at radius 1 is 1.20 bits per heavy atom. The Morgan fingerprint density at radius 3 is 2.77 bits per heavy atom. The van der Waals surface area contributed by atoms with Gasteiger partial charge in [0, 0.05) is 19.8 Å². The van der Waals surface area contributed by atoms with Crippen molar-refractivity contribution in [3.63, 3.8) is 0 Å². The number of hydrogen-bond acceptors (Lipinski definition) is 5. The lowest BCUT2D eigenvalue weighted by molar-refractivity contribution is 0.0945. The number of anilines is 1. The van der Waals surface area contributed by atoms with Crippen molar-refractivity contribution in [3.8, 4) is 5.75 Å². The van der Waals surface area contributed by atoms with E-state index in [2.05, 4.69) is 20.8 Å². The molecule has 0 aliphatic heterocycles. The number of carbonyl (C=O) groups excluding carboxylic acids is 2. The molecule has 0 radical (unpaired) electrons. The Labute approximate surface area is 182 Å². The second-order valence-electron chi connectivity index (χ2n) is 6.31. The second kappa shape index (κ2) is 9.64. The van der Waals surface area contributed by atoms with Gasteiger partial charge in [-0.2, -0.15) is 10.2 Å². The molecule has 30 heavy (non-hydrogen) atoms. The lowest BCUT2D eigenvalue weighted by atomic mass is 10.3. The predicted molar refractivity (Wildman–Crippen MR) is 113 cm³/mol. The van der Waals surface area contributed by atoms with Crippen LogP contribution >= 0.6 is 23.2 Å². The Balaban J connectivity index is 1.66. The van der Waals surface area contributed by atoms with Crippen molar-refractivity contribution >= 4 is 40.7 Å². The number of carbonyl (C=O) groups is 2. The van der Waals surface area contributed by atoms with Gasteiger partial charge in [-0.15, -0.1) is 0 Å². The highest BCUT2D eigenvalue weighted by molar-refractivity contribution is 6.42. The molecule has 9 nitrogen and oxygen atoms in total. The first-order valence-corrected chi connectivity index (χ1v) is 9.88. The number of rotatable bonds is 8. The average molecular weight is 451 g/mol. The molecule has 0 saturated heterocycles. The van der Waals surface area contributed by atoms with Gasteiger partial charge in [0.05, 0.1) is 16.9 Å². The topological polar surface area (TPSA) is 103 Å². The minimum absolute atomic E-state index is 0.0326. The van der Waals surface area contributed by atoms with Gasteiger partial charge in [0.25, 0.3) is 11.8 Å². The third-order valence-corrected chi connectivity index (χ3v) is 4.88. The maximum Gasteiger partial charge on any atom is 0.276 e. The lowest BCUT2D eigenvalue weighted by Crippen LogP contribution is -2.27. The molecule has 0 unspecified atom stereocenters. The number of aromatic nitrogens is 4. The van der Waals surface area contributed by atoms with Crippen molar-refractivity contribution in [2.45, 2.75) is 20.1 Å². The van der Waals surface area contributed by atoms with Crippen LogP contribution in [0.15, 0.2) is 36.7 Å². The zero-order chi connectivity index (χ0) is 21.7. The van der Waals surface area contributed by atoms with Crippen LogP contribution in [0.25, 0.3) is 0 Å². The van der Waals surface area contributed by atoms with Gasteiger partial charge in [-0.05, 0) is 24.6 Å². The summed E-state index contributed by atoms with van der Waals surface area (Å²) in [6, 6.07) is 6.58. The van der Waals surface area contributed by atoms with Gasteiger partial charge in [-0.1, -0.05) is 36.2 Å². The van der Waals surface area contributed by atoms with E-state index in [-0.39, 0.29) is 24.0 Å². The fourth-order valence-corrected chi connectivity index (χ4v) is 2.94. The molecule has 2 N–H and O–H groups in total. The van der Waals surface area contributed by atoms with Gasteiger partial charge >= 0.3 is 0 Å². The third kappa shape index (κ3) is 4.92. The lowest BCUT2D eigenvalue weighted by Gasteiger charge is -2.09. The van der Waals surface area contributed by atoms with Crippen LogP contribution in [0.2, 0.25) is 10.0 Å². The molecule has 158 valence electrons. The van der Waals surface area contributed by atoms with E-state index in [0.717, 1.165) is 6.42 Å². The van der Waals surface area contributed by atoms with E-state index in [9.17, 15) is 9.59 Å². The summed E-state index contributed by atoms with van der Waals surface area (Å²) in [6.45, 7) is 2.51. The van der Waals surface area contributed by atoms with Crippen LogP contribution < -0.4 is 15.4 Å². The van der Waals surface area contributed by atoms with E-state index < -0.39 is 5.91 Å².